The Morgan fingerprint density at radius 2 is 0.962 bits per heavy atom. The molecule has 0 aromatic rings. The summed E-state index contributed by atoms with van der Waals surface area (Å²) in [4.78, 5) is 0. The monoisotopic (exact) mass is 410 g/mol. The van der Waals surface area contributed by atoms with Crippen molar-refractivity contribution in [3.8, 4) is 0 Å². The lowest BCUT2D eigenvalue weighted by molar-refractivity contribution is -0.350. The van der Waals surface area contributed by atoms with Gasteiger partial charge in [-0.1, -0.05) is 0 Å². The highest BCUT2D eigenvalue weighted by atomic mass is 19.3. The van der Waals surface area contributed by atoms with Gasteiger partial charge in [-0.25, -0.2) is 35.1 Å². The van der Waals surface area contributed by atoms with Crippen LogP contribution >= 0.6 is 0 Å². The van der Waals surface area contributed by atoms with E-state index in [4.69, 9.17) is 0 Å². The highest BCUT2D eigenvalue weighted by molar-refractivity contribution is 5.73. The summed E-state index contributed by atoms with van der Waals surface area (Å²) < 4.78 is 195. The molecule has 146 valence electrons. The fourth-order valence-corrected chi connectivity index (χ4v) is 4.40. The van der Waals surface area contributed by atoms with E-state index in [1.807, 2.05) is 0 Å². The number of alkyl halides is 11. The first kappa shape index (κ1) is 17.9. The van der Waals surface area contributed by atoms with Crippen molar-refractivity contribution in [2.75, 3.05) is 0 Å². The van der Waals surface area contributed by atoms with Gasteiger partial charge in [-0.15, -0.1) is 0 Å². The Balaban J connectivity index is 2.31. The number of halogens is 14. The molecule has 1 spiro atoms. The van der Waals surface area contributed by atoms with Crippen molar-refractivity contribution in [3.05, 3.63) is 23.1 Å². The molecule has 5 aliphatic rings. The largest absolute Gasteiger partial charge is 0.357 e. The summed E-state index contributed by atoms with van der Waals surface area (Å²) in [5, 5.41) is 0. The minimum atomic E-state index is -6.98. The van der Waals surface area contributed by atoms with Crippen molar-refractivity contribution in [1.29, 1.82) is 0 Å². The molecule has 0 aliphatic heterocycles. The zero-order valence-corrected chi connectivity index (χ0v) is 11.3. The fraction of sp³-hybridized carbons (Fsp3) is 0.667. The van der Waals surface area contributed by atoms with E-state index in [-0.39, 0.29) is 0 Å². The molecule has 0 saturated heterocycles. The minimum absolute atomic E-state index is 3.60. The second-order valence-electron chi connectivity index (χ2n) is 6.34. The van der Waals surface area contributed by atoms with E-state index in [0.717, 1.165) is 0 Å². The van der Waals surface area contributed by atoms with E-state index in [9.17, 15) is 61.5 Å². The average molecular weight is 410 g/mol. The van der Waals surface area contributed by atoms with Gasteiger partial charge in [0.1, 0.15) is 0 Å². The van der Waals surface area contributed by atoms with Crippen LogP contribution in [0, 0.1) is 5.41 Å². The fourth-order valence-electron chi connectivity index (χ4n) is 4.40. The van der Waals surface area contributed by atoms with Crippen LogP contribution in [0.2, 0.25) is 0 Å². The summed E-state index contributed by atoms with van der Waals surface area (Å²) in [5.74, 6) is -37.9. The molecule has 0 nitrogen and oxygen atoms in total. The normalized spacial score (nSPS) is 51.5. The number of fused-ring (bicyclic) bond motifs is 1. The lowest BCUT2D eigenvalue weighted by Crippen LogP contribution is -2.79. The van der Waals surface area contributed by atoms with Crippen LogP contribution in [0.5, 0.6) is 0 Å². The first-order valence-electron chi connectivity index (χ1n) is 6.40. The summed E-state index contributed by atoms with van der Waals surface area (Å²) in [6.45, 7) is 0. The smallest absolute Gasteiger partial charge is 0.228 e. The average Bonchev–Trinajstić information content (AvgIpc) is 2.84. The number of hydrogen-bond donors (Lipinski definition) is 0. The molecule has 0 aromatic heterocycles. The standard InChI is InChI=1S/C12F14/c13-2-1-5(16)3(14)4(15)7(17,12(25,26)10(5,21)22)6(1)9(20,8(2,18)19)11(6,23)24/t5-,6-,7-,9-/m0/s1. The zero-order chi connectivity index (χ0) is 20.3. The maximum Gasteiger partial charge on any atom is 0.357 e. The van der Waals surface area contributed by atoms with E-state index < -0.39 is 69.2 Å². The van der Waals surface area contributed by atoms with E-state index in [2.05, 4.69) is 0 Å². The molecular formula is C12F14. The highest BCUT2D eigenvalue weighted by Crippen LogP contribution is 2.95. The predicted molar refractivity (Wildman–Crippen MR) is 51.1 cm³/mol. The lowest BCUT2D eigenvalue weighted by atomic mass is 9.55. The topological polar surface area (TPSA) is 0 Å². The molecule has 5 aliphatic carbocycles. The molecule has 14 heteroatoms. The van der Waals surface area contributed by atoms with Gasteiger partial charge in [0.05, 0.1) is 0 Å². The molecule has 0 unspecified atom stereocenters. The quantitative estimate of drug-likeness (QED) is 0.490. The third kappa shape index (κ3) is 0.917. The van der Waals surface area contributed by atoms with Crippen LogP contribution in [0.15, 0.2) is 23.1 Å². The summed E-state index contributed by atoms with van der Waals surface area (Å²) in [6, 6.07) is 0. The maximum atomic E-state index is 14.7. The number of rotatable bonds is 0. The lowest BCUT2D eigenvalue weighted by Gasteiger charge is -2.55. The van der Waals surface area contributed by atoms with Gasteiger partial charge in [-0.05, 0) is 0 Å². The van der Waals surface area contributed by atoms with E-state index in [1.54, 1.807) is 0 Å². The van der Waals surface area contributed by atoms with E-state index in [0.29, 0.717) is 0 Å². The van der Waals surface area contributed by atoms with Crippen LogP contribution in [0.4, 0.5) is 61.5 Å². The van der Waals surface area contributed by atoms with Crippen LogP contribution in [-0.4, -0.2) is 40.7 Å². The second-order valence-corrected chi connectivity index (χ2v) is 6.34. The number of hydrogen-bond acceptors (Lipinski definition) is 0. The summed E-state index contributed by atoms with van der Waals surface area (Å²) >= 11 is 0. The molecule has 0 N–H and O–H groups in total. The Morgan fingerprint density at radius 1 is 0.500 bits per heavy atom. The van der Waals surface area contributed by atoms with Gasteiger partial charge in [0.15, 0.2) is 22.9 Å². The van der Waals surface area contributed by atoms with Crippen LogP contribution in [0.25, 0.3) is 0 Å². The molecular weight excluding hydrogens is 410 g/mol. The Morgan fingerprint density at radius 3 is 1.42 bits per heavy atom. The summed E-state index contributed by atoms with van der Waals surface area (Å²) in [5.41, 5.74) is -28.2. The number of allylic oxidation sites excluding steroid dienone is 4. The second kappa shape index (κ2) is 3.48. The Hall–Kier alpha value is -1.50. The van der Waals surface area contributed by atoms with Crippen LogP contribution in [-0.2, 0) is 0 Å². The van der Waals surface area contributed by atoms with E-state index >= 15 is 0 Å². The molecule has 5 rings (SSSR count). The zero-order valence-electron chi connectivity index (χ0n) is 11.3. The van der Waals surface area contributed by atoms with Gasteiger partial charge in [0, 0.05) is 5.57 Å². The molecule has 2 fully saturated rings. The van der Waals surface area contributed by atoms with Gasteiger partial charge in [-0.2, -0.15) is 26.3 Å². The van der Waals surface area contributed by atoms with Crippen molar-refractivity contribution in [2.24, 2.45) is 5.41 Å². The minimum Gasteiger partial charge on any atom is -0.228 e. The van der Waals surface area contributed by atoms with Crippen LogP contribution in [0.3, 0.4) is 0 Å². The molecule has 0 radical (unpaired) electrons. The summed E-state index contributed by atoms with van der Waals surface area (Å²) in [7, 11) is 0. The molecule has 0 amide bonds. The van der Waals surface area contributed by atoms with Crippen molar-refractivity contribution in [2.45, 2.75) is 40.7 Å². The van der Waals surface area contributed by atoms with Crippen molar-refractivity contribution in [1.82, 2.24) is 0 Å². The summed E-state index contributed by atoms with van der Waals surface area (Å²) in [6.07, 6.45) is 0. The Labute approximate surface area is 132 Å². The van der Waals surface area contributed by atoms with Gasteiger partial charge in [0.25, 0.3) is 17.0 Å². The third-order valence-corrected chi connectivity index (χ3v) is 5.58. The van der Waals surface area contributed by atoms with Crippen molar-refractivity contribution >= 4 is 0 Å². The first-order chi connectivity index (χ1) is 11.3. The maximum absolute atomic E-state index is 14.7. The van der Waals surface area contributed by atoms with Crippen LogP contribution < -0.4 is 0 Å². The van der Waals surface area contributed by atoms with Gasteiger partial charge >= 0.3 is 23.7 Å². The van der Waals surface area contributed by atoms with Gasteiger partial charge < -0.3 is 0 Å². The Bertz CT molecular complexity index is 852. The predicted octanol–water partition coefficient (Wildman–Crippen LogP) is 5.07. The molecule has 2 saturated carbocycles. The highest BCUT2D eigenvalue weighted by Gasteiger charge is 3.19. The molecule has 0 heterocycles. The van der Waals surface area contributed by atoms with Crippen molar-refractivity contribution in [3.63, 3.8) is 0 Å². The van der Waals surface area contributed by atoms with Gasteiger partial charge in [-0.3, -0.25) is 0 Å². The third-order valence-electron chi connectivity index (χ3n) is 5.58. The van der Waals surface area contributed by atoms with Gasteiger partial charge in [0.2, 0.25) is 0 Å². The first-order valence-corrected chi connectivity index (χ1v) is 6.40. The van der Waals surface area contributed by atoms with Crippen molar-refractivity contribution < 1.29 is 61.5 Å². The molecule has 0 aromatic carbocycles. The Kier molecular flexibility index (Phi) is 2.39. The van der Waals surface area contributed by atoms with Crippen LogP contribution in [0.1, 0.15) is 0 Å². The molecule has 2 bridgehead atoms. The van der Waals surface area contributed by atoms with E-state index in [1.165, 1.54) is 0 Å². The molecule has 26 heavy (non-hydrogen) atoms. The SMILES string of the molecule is FC1=C2[C@]3(F)C(F)=C(F)[C@@](F)(C(F)(F)C3(F)F)[C@@]23C(F)(F)[C@@]3(F)C1(F)F. The molecule has 4 atom stereocenters.